The number of hydrogen-bond acceptors (Lipinski definition) is 1. The molecule has 0 spiro atoms. The topological polar surface area (TPSA) is 17.1 Å². The molecule has 0 aliphatic rings. The summed E-state index contributed by atoms with van der Waals surface area (Å²) in [7, 11) is 0. The van der Waals surface area contributed by atoms with Crippen molar-refractivity contribution in [1.82, 2.24) is 0 Å². The van der Waals surface area contributed by atoms with Gasteiger partial charge in [0.1, 0.15) is 5.78 Å². The molecule has 1 atom stereocenters. The Bertz CT molecular complexity index is 267. The Balaban J connectivity index is 3.79. The highest BCUT2D eigenvalue weighted by atomic mass is 16.1. The number of ketones is 1. The fraction of sp³-hybridized carbons (Fsp3) is 0.667. The number of allylic oxidation sites excluding steroid dienone is 4. The zero-order valence-corrected chi connectivity index (χ0v) is 11.5. The van der Waals surface area contributed by atoms with Crippen LogP contribution in [0.3, 0.4) is 0 Å². The molecule has 0 rings (SSSR count). The number of rotatable bonds is 7. The molecule has 0 saturated heterocycles. The normalized spacial score (nSPS) is 13.4. The van der Waals surface area contributed by atoms with Gasteiger partial charge in [-0.15, -0.1) is 0 Å². The Hall–Kier alpha value is -0.850. The maximum atomic E-state index is 11.0. The maximum absolute atomic E-state index is 11.0. The van der Waals surface area contributed by atoms with Gasteiger partial charge in [-0.25, -0.2) is 0 Å². The maximum Gasteiger partial charge on any atom is 0.132 e. The summed E-state index contributed by atoms with van der Waals surface area (Å²) in [5, 5.41) is 0. The van der Waals surface area contributed by atoms with E-state index in [4.69, 9.17) is 0 Å². The third-order valence-corrected chi connectivity index (χ3v) is 2.88. The van der Waals surface area contributed by atoms with E-state index in [1.54, 1.807) is 6.92 Å². The number of Topliss-reactive ketones (excluding diaryl/α,β-unsaturated/α-hetero) is 1. The van der Waals surface area contributed by atoms with E-state index in [2.05, 4.69) is 32.9 Å². The van der Waals surface area contributed by atoms with Crippen molar-refractivity contribution in [3.63, 3.8) is 0 Å². The van der Waals surface area contributed by atoms with Crippen LogP contribution in [0.25, 0.3) is 0 Å². The van der Waals surface area contributed by atoms with Crippen LogP contribution in [0.15, 0.2) is 23.3 Å². The van der Waals surface area contributed by atoms with E-state index in [9.17, 15) is 4.79 Å². The van der Waals surface area contributed by atoms with Gasteiger partial charge in [-0.3, -0.25) is 4.79 Å². The van der Waals surface area contributed by atoms with Gasteiger partial charge < -0.3 is 0 Å². The largest absolute Gasteiger partial charge is 0.300 e. The molecule has 0 amide bonds. The second-order valence-corrected chi connectivity index (χ2v) is 4.96. The molecule has 92 valence electrons. The number of hydrogen-bond donors (Lipinski definition) is 0. The third kappa shape index (κ3) is 8.46. The van der Waals surface area contributed by atoms with Crippen LogP contribution < -0.4 is 0 Å². The summed E-state index contributed by atoms with van der Waals surface area (Å²) in [6, 6.07) is 0. The highest BCUT2D eigenvalue weighted by Gasteiger charge is 2.05. The molecule has 0 bridgehead atoms. The lowest BCUT2D eigenvalue weighted by Crippen LogP contribution is -2.05. The quantitative estimate of drug-likeness (QED) is 0.571. The Morgan fingerprint density at radius 1 is 1.06 bits per heavy atom. The smallest absolute Gasteiger partial charge is 0.132 e. The molecule has 0 heterocycles. The lowest BCUT2D eigenvalue weighted by molar-refractivity contribution is -0.120. The third-order valence-electron chi connectivity index (χ3n) is 2.88. The van der Waals surface area contributed by atoms with Crippen molar-refractivity contribution in [3.05, 3.63) is 23.3 Å². The van der Waals surface area contributed by atoms with Crippen molar-refractivity contribution >= 4 is 5.78 Å². The summed E-state index contributed by atoms with van der Waals surface area (Å²) in [5.41, 5.74) is 2.83. The van der Waals surface area contributed by atoms with Crippen molar-refractivity contribution in [1.29, 1.82) is 0 Å². The van der Waals surface area contributed by atoms with Crippen molar-refractivity contribution in [2.24, 2.45) is 5.92 Å². The standard InChI is InChI=1S/C15H26O/c1-12(2)8-6-9-13(3)10-7-11-14(4)15(5)16/h8,10,14H,6-7,9,11H2,1-5H3. The lowest BCUT2D eigenvalue weighted by atomic mass is 10.00. The van der Waals surface area contributed by atoms with Gasteiger partial charge in [-0.1, -0.05) is 30.2 Å². The van der Waals surface area contributed by atoms with Gasteiger partial charge >= 0.3 is 0 Å². The first-order valence-electron chi connectivity index (χ1n) is 6.23. The zero-order valence-electron chi connectivity index (χ0n) is 11.5. The van der Waals surface area contributed by atoms with Gasteiger partial charge in [-0.05, 0) is 53.4 Å². The second kappa shape index (κ2) is 8.32. The van der Waals surface area contributed by atoms with Gasteiger partial charge in [0.15, 0.2) is 0 Å². The fourth-order valence-corrected chi connectivity index (χ4v) is 1.47. The molecule has 0 radical (unpaired) electrons. The summed E-state index contributed by atoms with van der Waals surface area (Å²) in [5.74, 6) is 0.512. The van der Waals surface area contributed by atoms with Crippen LogP contribution in [0.1, 0.15) is 60.3 Å². The molecule has 0 aliphatic carbocycles. The van der Waals surface area contributed by atoms with E-state index < -0.39 is 0 Å². The van der Waals surface area contributed by atoms with Crippen LogP contribution in [-0.4, -0.2) is 5.78 Å². The Kier molecular flexibility index (Phi) is 7.88. The molecule has 1 unspecified atom stereocenters. The van der Waals surface area contributed by atoms with Gasteiger partial charge in [0.05, 0.1) is 0 Å². The molecule has 0 saturated carbocycles. The number of carbonyl (C=O) groups is 1. The Labute approximate surface area is 101 Å². The molecule has 16 heavy (non-hydrogen) atoms. The Morgan fingerprint density at radius 3 is 2.19 bits per heavy atom. The van der Waals surface area contributed by atoms with E-state index in [1.807, 2.05) is 6.92 Å². The molecular formula is C15H26O. The van der Waals surface area contributed by atoms with Crippen LogP contribution >= 0.6 is 0 Å². The highest BCUT2D eigenvalue weighted by Crippen LogP contribution is 2.12. The molecule has 1 heteroatoms. The predicted octanol–water partition coefficient (Wildman–Crippen LogP) is 4.68. The van der Waals surface area contributed by atoms with Crippen molar-refractivity contribution in [2.45, 2.75) is 60.3 Å². The Morgan fingerprint density at radius 2 is 1.69 bits per heavy atom. The zero-order chi connectivity index (χ0) is 12.6. The van der Waals surface area contributed by atoms with Crippen LogP contribution in [-0.2, 0) is 4.79 Å². The average molecular weight is 222 g/mol. The molecule has 0 aromatic rings. The molecule has 0 aromatic carbocycles. The molecule has 0 aliphatic heterocycles. The van der Waals surface area contributed by atoms with Crippen LogP contribution in [0.2, 0.25) is 0 Å². The van der Waals surface area contributed by atoms with Gasteiger partial charge in [-0.2, -0.15) is 0 Å². The number of carbonyl (C=O) groups excluding carboxylic acids is 1. The monoisotopic (exact) mass is 222 g/mol. The summed E-state index contributed by atoms with van der Waals surface area (Å²) >= 11 is 0. The van der Waals surface area contributed by atoms with E-state index in [0.29, 0.717) is 5.78 Å². The minimum absolute atomic E-state index is 0.210. The predicted molar refractivity (Wildman–Crippen MR) is 71.5 cm³/mol. The summed E-state index contributed by atoms with van der Waals surface area (Å²) in [6.45, 7) is 10.1. The first-order valence-corrected chi connectivity index (χ1v) is 6.23. The van der Waals surface area contributed by atoms with E-state index in [-0.39, 0.29) is 5.92 Å². The average Bonchev–Trinajstić information content (AvgIpc) is 2.16. The van der Waals surface area contributed by atoms with Crippen molar-refractivity contribution in [2.75, 3.05) is 0 Å². The molecule has 0 fully saturated rings. The van der Waals surface area contributed by atoms with Gasteiger partial charge in [0.2, 0.25) is 0 Å². The SMILES string of the molecule is CC(=O)C(C)CCC=C(C)CCC=C(C)C. The first kappa shape index (κ1) is 15.2. The van der Waals surface area contributed by atoms with E-state index in [0.717, 1.165) is 25.7 Å². The van der Waals surface area contributed by atoms with Gasteiger partial charge in [0.25, 0.3) is 0 Å². The summed E-state index contributed by atoms with van der Waals surface area (Å²) in [4.78, 5) is 11.0. The minimum atomic E-state index is 0.210. The fourth-order valence-electron chi connectivity index (χ4n) is 1.47. The van der Waals surface area contributed by atoms with Gasteiger partial charge in [0, 0.05) is 5.92 Å². The lowest BCUT2D eigenvalue weighted by Gasteiger charge is -2.05. The van der Waals surface area contributed by atoms with E-state index in [1.165, 1.54) is 11.1 Å². The first-order chi connectivity index (χ1) is 7.43. The minimum Gasteiger partial charge on any atom is -0.300 e. The van der Waals surface area contributed by atoms with Crippen molar-refractivity contribution < 1.29 is 4.79 Å². The van der Waals surface area contributed by atoms with Crippen LogP contribution in [0.4, 0.5) is 0 Å². The molecule has 1 nitrogen and oxygen atoms in total. The molecule has 0 N–H and O–H groups in total. The molecule has 0 aromatic heterocycles. The van der Waals surface area contributed by atoms with Crippen LogP contribution in [0.5, 0.6) is 0 Å². The van der Waals surface area contributed by atoms with Crippen LogP contribution in [0, 0.1) is 5.92 Å². The second-order valence-electron chi connectivity index (χ2n) is 4.96. The summed E-state index contributed by atoms with van der Waals surface area (Å²) < 4.78 is 0. The highest BCUT2D eigenvalue weighted by molar-refractivity contribution is 5.77. The molecular weight excluding hydrogens is 196 g/mol. The van der Waals surface area contributed by atoms with E-state index >= 15 is 0 Å². The van der Waals surface area contributed by atoms with Crippen molar-refractivity contribution in [3.8, 4) is 0 Å². The summed E-state index contributed by atoms with van der Waals surface area (Å²) in [6.07, 6.45) is 8.83.